The Morgan fingerprint density at radius 1 is 1.17 bits per heavy atom. The Balaban J connectivity index is 2.63. The fraction of sp³-hybridized carbons (Fsp3) is 0.133. The van der Waals surface area contributed by atoms with Gasteiger partial charge < -0.3 is 5.11 Å². The van der Waals surface area contributed by atoms with Gasteiger partial charge in [0.25, 0.3) is 0 Å². The monoisotopic (exact) mass is 258 g/mol. The zero-order chi connectivity index (χ0) is 13.1. The molecule has 0 saturated heterocycles. The molecule has 18 heavy (non-hydrogen) atoms. The number of benzene rings is 2. The summed E-state index contributed by atoms with van der Waals surface area (Å²) in [6, 6.07) is 13.6. The van der Waals surface area contributed by atoms with Crippen LogP contribution in [-0.4, -0.2) is 17.3 Å². The van der Waals surface area contributed by atoms with Crippen molar-refractivity contribution in [1.29, 1.82) is 0 Å². The second-order valence-electron chi connectivity index (χ2n) is 4.04. The Morgan fingerprint density at radius 2 is 1.83 bits per heavy atom. The van der Waals surface area contributed by atoms with Gasteiger partial charge in [-0.2, -0.15) is 0 Å². The minimum atomic E-state index is -0.878. The smallest absolute Gasteiger partial charge is 0.336 e. The predicted molar refractivity (Wildman–Crippen MR) is 75.4 cm³/mol. The SMILES string of the molecule is CSc1cc(C)c(-c2ccccc2)cc1C(=O)O. The van der Waals surface area contributed by atoms with Crippen LogP contribution in [0.15, 0.2) is 47.4 Å². The number of hydrogen-bond acceptors (Lipinski definition) is 2. The minimum absolute atomic E-state index is 0.368. The van der Waals surface area contributed by atoms with E-state index in [1.807, 2.05) is 49.6 Å². The van der Waals surface area contributed by atoms with E-state index < -0.39 is 5.97 Å². The van der Waals surface area contributed by atoms with E-state index in [4.69, 9.17) is 0 Å². The van der Waals surface area contributed by atoms with Gasteiger partial charge in [-0.1, -0.05) is 30.3 Å². The molecule has 92 valence electrons. The second kappa shape index (κ2) is 5.27. The Labute approximate surface area is 111 Å². The summed E-state index contributed by atoms with van der Waals surface area (Å²) in [6.07, 6.45) is 1.89. The summed E-state index contributed by atoms with van der Waals surface area (Å²) in [4.78, 5) is 12.1. The third-order valence-electron chi connectivity index (χ3n) is 2.86. The zero-order valence-corrected chi connectivity index (χ0v) is 11.1. The molecule has 2 aromatic carbocycles. The number of carboxylic acid groups (broad SMARTS) is 1. The van der Waals surface area contributed by atoms with Crippen LogP contribution in [0.4, 0.5) is 0 Å². The van der Waals surface area contributed by atoms with E-state index in [9.17, 15) is 9.90 Å². The Kier molecular flexibility index (Phi) is 3.72. The molecular formula is C15H14O2S. The highest BCUT2D eigenvalue weighted by atomic mass is 32.2. The maximum Gasteiger partial charge on any atom is 0.336 e. The lowest BCUT2D eigenvalue weighted by Crippen LogP contribution is -2.00. The Morgan fingerprint density at radius 3 is 2.39 bits per heavy atom. The average Bonchev–Trinajstić information content (AvgIpc) is 2.39. The van der Waals surface area contributed by atoms with E-state index in [2.05, 4.69) is 0 Å². The second-order valence-corrected chi connectivity index (χ2v) is 4.89. The van der Waals surface area contributed by atoms with Gasteiger partial charge in [0, 0.05) is 4.90 Å². The van der Waals surface area contributed by atoms with Crippen LogP contribution in [0, 0.1) is 6.92 Å². The molecule has 0 saturated carbocycles. The third kappa shape index (κ3) is 2.41. The molecule has 0 unspecified atom stereocenters. The van der Waals surface area contributed by atoms with Gasteiger partial charge in [-0.15, -0.1) is 11.8 Å². The first-order valence-electron chi connectivity index (χ1n) is 5.61. The number of hydrogen-bond donors (Lipinski definition) is 1. The van der Waals surface area contributed by atoms with Gasteiger partial charge in [-0.3, -0.25) is 0 Å². The molecule has 0 fully saturated rings. The number of rotatable bonds is 3. The van der Waals surface area contributed by atoms with E-state index >= 15 is 0 Å². The van der Waals surface area contributed by atoms with Crippen molar-refractivity contribution < 1.29 is 9.90 Å². The third-order valence-corrected chi connectivity index (χ3v) is 3.64. The van der Waals surface area contributed by atoms with Crippen LogP contribution in [0.1, 0.15) is 15.9 Å². The van der Waals surface area contributed by atoms with Crippen LogP contribution < -0.4 is 0 Å². The Hall–Kier alpha value is -1.74. The van der Waals surface area contributed by atoms with Crippen LogP contribution >= 0.6 is 11.8 Å². The summed E-state index contributed by atoms with van der Waals surface area (Å²) in [5.74, 6) is -0.878. The van der Waals surface area contributed by atoms with Crippen molar-refractivity contribution in [1.82, 2.24) is 0 Å². The van der Waals surface area contributed by atoms with Gasteiger partial charge in [-0.25, -0.2) is 4.79 Å². The fourth-order valence-electron chi connectivity index (χ4n) is 1.95. The molecule has 0 aliphatic carbocycles. The van der Waals surface area contributed by atoms with Crippen molar-refractivity contribution in [3.8, 4) is 11.1 Å². The zero-order valence-electron chi connectivity index (χ0n) is 10.3. The molecular weight excluding hydrogens is 244 g/mol. The molecule has 0 heterocycles. The number of thioether (sulfide) groups is 1. The molecule has 0 atom stereocenters. The number of aromatic carboxylic acids is 1. The molecule has 2 nitrogen and oxygen atoms in total. The first-order valence-corrected chi connectivity index (χ1v) is 6.83. The minimum Gasteiger partial charge on any atom is -0.478 e. The molecule has 0 aliphatic rings. The first-order chi connectivity index (χ1) is 8.63. The fourth-order valence-corrected chi connectivity index (χ4v) is 2.61. The van der Waals surface area contributed by atoms with E-state index in [0.717, 1.165) is 21.6 Å². The first kappa shape index (κ1) is 12.7. The highest BCUT2D eigenvalue weighted by Gasteiger charge is 2.13. The van der Waals surface area contributed by atoms with Crippen LogP contribution in [-0.2, 0) is 0 Å². The largest absolute Gasteiger partial charge is 0.478 e. The van der Waals surface area contributed by atoms with Crippen molar-refractivity contribution in [2.75, 3.05) is 6.26 Å². The maximum atomic E-state index is 11.3. The van der Waals surface area contributed by atoms with Gasteiger partial charge in [0.05, 0.1) is 5.56 Å². The van der Waals surface area contributed by atoms with Crippen LogP contribution in [0.5, 0.6) is 0 Å². The van der Waals surface area contributed by atoms with E-state index in [-0.39, 0.29) is 0 Å². The van der Waals surface area contributed by atoms with Crippen molar-refractivity contribution in [2.45, 2.75) is 11.8 Å². The summed E-state index contributed by atoms with van der Waals surface area (Å²) < 4.78 is 0. The van der Waals surface area contributed by atoms with Gasteiger partial charge in [0.1, 0.15) is 0 Å². The van der Waals surface area contributed by atoms with Gasteiger partial charge in [0.2, 0.25) is 0 Å². The summed E-state index contributed by atoms with van der Waals surface area (Å²) in [5.41, 5.74) is 3.48. The highest BCUT2D eigenvalue weighted by Crippen LogP contribution is 2.30. The number of aryl methyl sites for hydroxylation is 1. The lowest BCUT2D eigenvalue weighted by Gasteiger charge is -2.11. The molecule has 1 N–H and O–H groups in total. The summed E-state index contributed by atoms with van der Waals surface area (Å²) in [6.45, 7) is 2.01. The van der Waals surface area contributed by atoms with Crippen molar-refractivity contribution in [3.05, 3.63) is 53.6 Å². The lowest BCUT2D eigenvalue weighted by molar-refractivity contribution is 0.0693. The molecule has 2 rings (SSSR count). The van der Waals surface area contributed by atoms with Crippen LogP contribution in [0.3, 0.4) is 0 Å². The number of carboxylic acids is 1. The predicted octanol–water partition coefficient (Wildman–Crippen LogP) is 4.08. The maximum absolute atomic E-state index is 11.3. The summed E-state index contributed by atoms with van der Waals surface area (Å²) >= 11 is 1.46. The summed E-state index contributed by atoms with van der Waals surface area (Å²) in [5, 5.41) is 9.25. The quantitative estimate of drug-likeness (QED) is 0.843. The molecule has 0 bridgehead atoms. The molecule has 0 spiro atoms. The van der Waals surface area contributed by atoms with E-state index in [0.29, 0.717) is 5.56 Å². The van der Waals surface area contributed by atoms with Crippen LogP contribution in [0.2, 0.25) is 0 Å². The normalized spacial score (nSPS) is 10.3. The molecule has 3 heteroatoms. The van der Waals surface area contributed by atoms with Crippen molar-refractivity contribution >= 4 is 17.7 Å². The molecule has 0 aliphatic heterocycles. The molecule has 0 radical (unpaired) electrons. The van der Waals surface area contributed by atoms with Crippen LogP contribution in [0.25, 0.3) is 11.1 Å². The van der Waals surface area contributed by atoms with Gasteiger partial charge in [0.15, 0.2) is 0 Å². The topological polar surface area (TPSA) is 37.3 Å². The molecule has 0 amide bonds. The number of carbonyl (C=O) groups is 1. The van der Waals surface area contributed by atoms with Gasteiger partial charge >= 0.3 is 5.97 Å². The van der Waals surface area contributed by atoms with Crippen molar-refractivity contribution in [3.63, 3.8) is 0 Å². The van der Waals surface area contributed by atoms with E-state index in [1.165, 1.54) is 11.8 Å². The Bertz CT molecular complexity index is 577. The average molecular weight is 258 g/mol. The standard InChI is InChI=1S/C15H14O2S/c1-10-8-14(18-2)13(15(16)17)9-12(10)11-6-4-3-5-7-11/h3-9H,1-2H3,(H,16,17). The highest BCUT2D eigenvalue weighted by molar-refractivity contribution is 7.98. The van der Waals surface area contributed by atoms with Crippen molar-refractivity contribution in [2.24, 2.45) is 0 Å². The molecule has 0 aromatic heterocycles. The van der Waals surface area contributed by atoms with Gasteiger partial charge in [-0.05, 0) is 42.0 Å². The molecule has 2 aromatic rings. The van der Waals surface area contributed by atoms with E-state index in [1.54, 1.807) is 6.07 Å². The lowest BCUT2D eigenvalue weighted by atomic mass is 9.98. The summed E-state index contributed by atoms with van der Waals surface area (Å²) in [7, 11) is 0.